The predicted octanol–water partition coefficient (Wildman–Crippen LogP) is 7.73. The third-order valence-corrected chi connectivity index (χ3v) is 7.98. The number of alkyl halides is 3. The van der Waals surface area contributed by atoms with Gasteiger partial charge in [-0.05, 0) is 107 Å². The topological polar surface area (TPSA) is 102 Å². The molecule has 0 radical (unpaired) electrons. The Balaban J connectivity index is 0.000000984. The number of carboxylic acid groups (broad SMARTS) is 1. The zero-order valence-corrected chi connectivity index (χ0v) is 29.1. The first kappa shape index (κ1) is 39.6. The number of carbonyl (C=O) groups is 3. The molecule has 3 N–H and O–H groups in total. The van der Waals surface area contributed by atoms with Crippen LogP contribution < -0.4 is 10.6 Å². The lowest BCUT2D eigenvalue weighted by Gasteiger charge is -2.38. The monoisotopic (exact) mass is 662 g/mol. The van der Waals surface area contributed by atoms with Gasteiger partial charge in [0.05, 0.1) is 0 Å². The van der Waals surface area contributed by atoms with Gasteiger partial charge in [-0.2, -0.15) is 13.2 Å². The number of likely N-dealkylation sites (tertiary alicyclic amines) is 1. The molecule has 0 bridgehead atoms. The molecule has 0 aliphatic carbocycles. The van der Waals surface area contributed by atoms with Crippen LogP contribution in [0.2, 0.25) is 0 Å². The van der Waals surface area contributed by atoms with E-state index in [1.54, 1.807) is 0 Å². The van der Waals surface area contributed by atoms with Crippen LogP contribution in [0.1, 0.15) is 96.1 Å². The summed E-state index contributed by atoms with van der Waals surface area (Å²) in [5, 5.41) is 13.3. The Labute approximate surface area is 278 Å². The van der Waals surface area contributed by atoms with Gasteiger partial charge < -0.3 is 25.5 Å². The summed E-state index contributed by atoms with van der Waals surface area (Å²) in [5.41, 5.74) is 3.79. The van der Waals surface area contributed by atoms with Crippen molar-refractivity contribution < 1.29 is 32.7 Å². The molecule has 3 rings (SSSR count). The normalized spacial score (nSPS) is 15.0. The number of aliphatic carboxylic acids is 1. The van der Waals surface area contributed by atoms with Gasteiger partial charge in [-0.15, -0.1) is 0 Å². The largest absolute Gasteiger partial charge is 0.490 e. The number of hydrogen-bond donors (Lipinski definition) is 3. The van der Waals surface area contributed by atoms with Crippen molar-refractivity contribution in [3.8, 4) is 0 Å². The van der Waals surface area contributed by atoms with E-state index < -0.39 is 12.1 Å². The number of carboxylic acids is 1. The summed E-state index contributed by atoms with van der Waals surface area (Å²) < 4.78 is 31.7. The first-order chi connectivity index (χ1) is 21.7. The van der Waals surface area contributed by atoms with E-state index in [0.717, 1.165) is 57.5 Å². The van der Waals surface area contributed by atoms with Crippen molar-refractivity contribution in [2.75, 3.05) is 31.5 Å². The first-order valence-electron chi connectivity index (χ1n) is 16.3. The van der Waals surface area contributed by atoms with Crippen LogP contribution in [0.4, 0.5) is 23.7 Å². The van der Waals surface area contributed by atoms with Crippen molar-refractivity contribution in [3.05, 3.63) is 65.2 Å². The molecule has 3 amide bonds. The highest BCUT2D eigenvalue weighted by Crippen LogP contribution is 2.24. The molecule has 1 saturated heterocycles. The Morgan fingerprint density at radius 3 is 2.04 bits per heavy atom. The molecule has 47 heavy (non-hydrogen) atoms. The van der Waals surface area contributed by atoms with E-state index in [9.17, 15) is 22.8 Å². The molecule has 0 spiro atoms. The predicted molar refractivity (Wildman–Crippen MR) is 181 cm³/mol. The van der Waals surface area contributed by atoms with Crippen molar-refractivity contribution in [1.82, 2.24) is 15.1 Å². The smallest absolute Gasteiger partial charge is 0.475 e. The molecule has 0 aromatic heterocycles. The lowest BCUT2D eigenvalue weighted by molar-refractivity contribution is -0.192. The van der Waals surface area contributed by atoms with E-state index in [4.69, 9.17) is 9.90 Å². The zero-order valence-electron chi connectivity index (χ0n) is 29.1. The maximum Gasteiger partial charge on any atom is 0.490 e. The van der Waals surface area contributed by atoms with E-state index in [1.165, 1.54) is 11.1 Å². The maximum absolute atomic E-state index is 12.9. The minimum Gasteiger partial charge on any atom is -0.475 e. The fraction of sp³-hybridized carbons (Fsp3) is 0.583. The lowest BCUT2D eigenvalue weighted by Crippen LogP contribution is -2.51. The molecule has 1 aliphatic rings. The minimum atomic E-state index is -5.08. The van der Waals surface area contributed by atoms with Crippen LogP contribution in [0.15, 0.2) is 48.5 Å². The van der Waals surface area contributed by atoms with E-state index in [-0.39, 0.29) is 22.9 Å². The van der Waals surface area contributed by atoms with Crippen LogP contribution >= 0.6 is 0 Å². The SMILES string of the molecule is CCCN(CC1CCN(C(=O)NC(C)(C)C)CC1)C(C)Cc1cccc(NC(=O)c2ccc(C(C)(C)C)cc2)c1.O=C(O)C(F)(F)F. The Hall–Kier alpha value is -3.60. The van der Waals surface area contributed by atoms with Gasteiger partial charge in [0.15, 0.2) is 0 Å². The van der Waals surface area contributed by atoms with Crippen LogP contribution in [0.5, 0.6) is 0 Å². The molecule has 11 heteroatoms. The number of carbonyl (C=O) groups excluding carboxylic acids is 2. The maximum atomic E-state index is 12.9. The summed E-state index contributed by atoms with van der Waals surface area (Å²) in [6.07, 6.45) is -0.955. The fourth-order valence-corrected chi connectivity index (χ4v) is 5.40. The molecule has 262 valence electrons. The van der Waals surface area contributed by atoms with Crippen LogP contribution in [0.25, 0.3) is 0 Å². The van der Waals surface area contributed by atoms with Crippen LogP contribution in [-0.2, 0) is 16.6 Å². The standard InChI is InChI=1S/C34H52N4O2.C2HF3O2/c1-9-19-38(24-26-17-20-37(21-18-26)32(40)36-34(6,7)8)25(2)22-27-11-10-12-30(23-27)35-31(39)28-13-15-29(16-14-28)33(3,4)5;3-2(4,5)1(6)7/h10-16,23,25-26H,9,17-22,24H2,1-8H3,(H,35,39)(H,36,40);(H,6,7). The number of halogens is 3. The number of nitrogens with one attached hydrogen (secondary N) is 2. The summed E-state index contributed by atoms with van der Waals surface area (Å²) in [5.74, 6) is -2.24. The first-order valence-corrected chi connectivity index (χ1v) is 16.3. The summed E-state index contributed by atoms with van der Waals surface area (Å²) in [4.78, 5) is 38.9. The van der Waals surface area contributed by atoms with E-state index >= 15 is 0 Å². The second-order valence-electron chi connectivity index (χ2n) is 14.4. The van der Waals surface area contributed by atoms with Gasteiger partial charge >= 0.3 is 18.2 Å². The molecule has 2 aromatic carbocycles. The summed E-state index contributed by atoms with van der Waals surface area (Å²) in [6, 6.07) is 16.6. The molecule has 1 unspecified atom stereocenters. The number of benzene rings is 2. The number of urea groups is 1. The molecular weight excluding hydrogens is 609 g/mol. The molecule has 1 fully saturated rings. The summed E-state index contributed by atoms with van der Waals surface area (Å²) in [7, 11) is 0. The average Bonchev–Trinajstić information content (AvgIpc) is 2.96. The average molecular weight is 663 g/mol. The minimum absolute atomic E-state index is 0.0543. The summed E-state index contributed by atoms with van der Waals surface area (Å²) >= 11 is 0. The van der Waals surface area contributed by atoms with Crippen LogP contribution in [0, 0.1) is 5.92 Å². The van der Waals surface area contributed by atoms with E-state index in [0.29, 0.717) is 17.5 Å². The zero-order chi connectivity index (χ0) is 35.6. The number of rotatable bonds is 9. The number of hydrogen-bond acceptors (Lipinski definition) is 4. The van der Waals surface area contributed by atoms with Crippen molar-refractivity contribution >= 4 is 23.6 Å². The van der Waals surface area contributed by atoms with Crippen molar-refractivity contribution in [2.45, 2.75) is 104 Å². The second-order valence-corrected chi connectivity index (χ2v) is 14.4. The van der Waals surface area contributed by atoms with Crippen LogP contribution in [0.3, 0.4) is 0 Å². The van der Waals surface area contributed by atoms with Gasteiger partial charge in [-0.3, -0.25) is 4.79 Å². The summed E-state index contributed by atoms with van der Waals surface area (Å²) in [6.45, 7) is 20.9. The molecule has 2 aromatic rings. The van der Waals surface area contributed by atoms with Crippen LogP contribution in [-0.4, -0.2) is 76.8 Å². The second kappa shape index (κ2) is 17.0. The molecular formula is C36H53F3N4O4. The van der Waals surface area contributed by atoms with Gasteiger partial charge in [-0.1, -0.05) is 52.0 Å². The van der Waals surface area contributed by atoms with Gasteiger partial charge in [0.1, 0.15) is 0 Å². The van der Waals surface area contributed by atoms with E-state index in [1.807, 2.05) is 62.1 Å². The van der Waals surface area contributed by atoms with Gasteiger partial charge in [0, 0.05) is 42.5 Å². The number of piperidine rings is 1. The number of nitrogens with zero attached hydrogens (tertiary/aromatic N) is 2. The Bertz CT molecular complexity index is 1310. The Kier molecular flexibility index (Phi) is 14.3. The highest BCUT2D eigenvalue weighted by molar-refractivity contribution is 6.04. The molecule has 1 atom stereocenters. The molecule has 0 saturated carbocycles. The highest BCUT2D eigenvalue weighted by atomic mass is 19.4. The third kappa shape index (κ3) is 14.0. The van der Waals surface area contributed by atoms with Gasteiger partial charge in [0.25, 0.3) is 5.91 Å². The van der Waals surface area contributed by atoms with Crippen molar-refractivity contribution in [3.63, 3.8) is 0 Å². The third-order valence-electron chi connectivity index (χ3n) is 7.98. The van der Waals surface area contributed by atoms with Gasteiger partial charge in [-0.25, -0.2) is 9.59 Å². The lowest BCUT2D eigenvalue weighted by atomic mass is 9.87. The number of amides is 3. The Morgan fingerprint density at radius 1 is 0.979 bits per heavy atom. The molecule has 1 heterocycles. The fourth-order valence-electron chi connectivity index (χ4n) is 5.40. The number of anilines is 1. The van der Waals surface area contributed by atoms with Gasteiger partial charge in [0.2, 0.25) is 0 Å². The quantitative estimate of drug-likeness (QED) is 0.255. The van der Waals surface area contributed by atoms with E-state index in [2.05, 4.69) is 62.3 Å². The molecule has 1 aliphatic heterocycles. The van der Waals surface area contributed by atoms with Crippen molar-refractivity contribution in [1.29, 1.82) is 0 Å². The Morgan fingerprint density at radius 2 is 1.55 bits per heavy atom. The van der Waals surface area contributed by atoms with Crippen molar-refractivity contribution in [2.24, 2.45) is 5.92 Å². The highest BCUT2D eigenvalue weighted by Gasteiger charge is 2.38. The molecule has 8 nitrogen and oxygen atoms in total.